The number of carbonyl (C=O) groups is 1. The predicted octanol–water partition coefficient (Wildman–Crippen LogP) is 5.70. The highest BCUT2D eigenvalue weighted by Crippen LogP contribution is 2.31. The molecule has 0 unspecified atom stereocenters. The van der Waals surface area contributed by atoms with Crippen molar-refractivity contribution in [2.24, 2.45) is 0 Å². The zero-order chi connectivity index (χ0) is 22.6. The Morgan fingerprint density at radius 1 is 0.938 bits per heavy atom. The lowest BCUT2D eigenvalue weighted by Crippen LogP contribution is -2.34. The van der Waals surface area contributed by atoms with Crippen LogP contribution in [0.2, 0.25) is 0 Å². The third kappa shape index (κ3) is 5.00. The van der Waals surface area contributed by atoms with E-state index in [1.165, 1.54) is 12.1 Å². The normalized spacial score (nSPS) is 12.6. The van der Waals surface area contributed by atoms with Gasteiger partial charge in [-0.05, 0) is 41.8 Å². The third-order valence-corrected chi connectivity index (χ3v) is 5.27. The van der Waals surface area contributed by atoms with Gasteiger partial charge in [-0.15, -0.1) is 0 Å². The van der Waals surface area contributed by atoms with Gasteiger partial charge in [-0.2, -0.15) is 13.2 Å². The molecular weight excluding hydrogens is 415 g/mol. The van der Waals surface area contributed by atoms with E-state index in [1.807, 2.05) is 60.8 Å². The predicted molar refractivity (Wildman–Crippen MR) is 119 cm³/mol. The van der Waals surface area contributed by atoms with E-state index >= 15 is 0 Å². The molecule has 1 atom stereocenters. The van der Waals surface area contributed by atoms with Crippen LogP contribution >= 0.6 is 0 Å². The average Bonchev–Trinajstić information content (AvgIpc) is 3.20. The summed E-state index contributed by atoms with van der Waals surface area (Å²) < 4.78 is 39.0. The van der Waals surface area contributed by atoms with Crippen molar-refractivity contribution in [2.75, 3.05) is 11.9 Å². The van der Waals surface area contributed by atoms with Gasteiger partial charge in [0.15, 0.2) is 0 Å². The van der Waals surface area contributed by atoms with Crippen LogP contribution in [0.5, 0.6) is 0 Å². The lowest BCUT2D eigenvalue weighted by Gasteiger charge is -2.19. The number of nitrogens with one attached hydrogen (secondary N) is 3. The second kappa shape index (κ2) is 9.28. The second-order valence-electron chi connectivity index (χ2n) is 7.48. The molecule has 4 aromatic rings. The molecule has 0 fully saturated rings. The number of halogens is 3. The summed E-state index contributed by atoms with van der Waals surface area (Å²) in [5, 5.41) is 7.00. The van der Waals surface area contributed by atoms with Crippen LogP contribution in [0.4, 0.5) is 18.9 Å². The molecule has 164 valence electrons. The maximum absolute atomic E-state index is 13.0. The SMILES string of the molecule is O=C(Nc1cccc(C(F)(F)F)c1)[C@H](NCCc1c[nH]c2ccccc12)c1ccccc1. The summed E-state index contributed by atoms with van der Waals surface area (Å²) in [4.78, 5) is 16.2. The lowest BCUT2D eigenvalue weighted by atomic mass is 10.0. The molecule has 0 aliphatic rings. The summed E-state index contributed by atoms with van der Waals surface area (Å²) in [7, 11) is 0. The number of alkyl halides is 3. The highest BCUT2D eigenvalue weighted by Gasteiger charge is 2.30. The summed E-state index contributed by atoms with van der Waals surface area (Å²) in [5.41, 5.74) is 2.20. The van der Waals surface area contributed by atoms with Gasteiger partial charge in [-0.1, -0.05) is 54.6 Å². The maximum atomic E-state index is 13.0. The number of hydrogen-bond donors (Lipinski definition) is 3. The Labute approximate surface area is 183 Å². The van der Waals surface area contributed by atoms with Crippen molar-refractivity contribution in [1.82, 2.24) is 10.3 Å². The van der Waals surface area contributed by atoms with Gasteiger partial charge in [0.1, 0.15) is 6.04 Å². The molecule has 3 N–H and O–H groups in total. The van der Waals surface area contributed by atoms with Crippen molar-refractivity contribution in [3.05, 3.63) is 102 Å². The number of hydrogen-bond acceptors (Lipinski definition) is 2. The molecule has 1 amide bonds. The molecule has 1 heterocycles. The number of H-pyrrole nitrogens is 1. The number of aromatic amines is 1. The summed E-state index contributed by atoms with van der Waals surface area (Å²) in [6.07, 6.45) is -1.84. The number of rotatable bonds is 7. The van der Waals surface area contributed by atoms with Crippen molar-refractivity contribution in [3.63, 3.8) is 0 Å². The van der Waals surface area contributed by atoms with Crippen LogP contribution in [-0.4, -0.2) is 17.4 Å². The standard InChI is InChI=1S/C25H22F3N3O/c26-25(27,28)19-9-6-10-20(15-19)31-24(32)23(17-7-2-1-3-8-17)29-14-13-18-16-30-22-12-5-4-11-21(18)22/h1-12,15-16,23,29-30H,13-14H2,(H,31,32)/t23-/m1/s1. The van der Waals surface area contributed by atoms with Crippen LogP contribution < -0.4 is 10.6 Å². The molecule has 7 heteroatoms. The number of para-hydroxylation sites is 1. The molecule has 1 aromatic heterocycles. The van der Waals surface area contributed by atoms with E-state index in [0.717, 1.165) is 34.2 Å². The van der Waals surface area contributed by atoms with Gasteiger partial charge < -0.3 is 15.6 Å². The molecule has 32 heavy (non-hydrogen) atoms. The van der Waals surface area contributed by atoms with E-state index in [2.05, 4.69) is 15.6 Å². The Hall–Kier alpha value is -3.58. The molecule has 0 aliphatic heterocycles. The van der Waals surface area contributed by atoms with E-state index in [1.54, 1.807) is 0 Å². The highest BCUT2D eigenvalue weighted by molar-refractivity contribution is 5.95. The molecule has 4 rings (SSSR count). The van der Waals surface area contributed by atoms with E-state index in [-0.39, 0.29) is 5.69 Å². The Bertz CT molecular complexity index is 1200. The van der Waals surface area contributed by atoms with Crippen LogP contribution in [0.1, 0.15) is 22.7 Å². The first kappa shape index (κ1) is 21.6. The zero-order valence-corrected chi connectivity index (χ0v) is 17.1. The third-order valence-electron chi connectivity index (χ3n) is 5.27. The second-order valence-corrected chi connectivity index (χ2v) is 7.48. The summed E-state index contributed by atoms with van der Waals surface area (Å²) >= 11 is 0. The number of carbonyl (C=O) groups excluding carboxylic acids is 1. The fourth-order valence-electron chi connectivity index (χ4n) is 3.68. The van der Waals surface area contributed by atoms with Crippen molar-refractivity contribution in [3.8, 4) is 0 Å². The smallest absolute Gasteiger partial charge is 0.361 e. The monoisotopic (exact) mass is 437 g/mol. The van der Waals surface area contributed by atoms with Crippen LogP contribution in [-0.2, 0) is 17.4 Å². The maximum Gasteiger partial charge on any atom is 0.416 e. The van der Waals surface area contributed by atoms with Crippen LogP contribution in [0, 0.1) is 0 Å². The molecule has 0 saturated carbocycles. The number of benzene rings is 3. The number of aromatic nitrogens is 1. The summed E-state index contributed by atoms with van der Waals surface area (Å²) in [5.74, 6) is -0.422. The Morgan fingerprint density at radius 3 is 2.47 bits per heavy atom. The first-order chi connectivity index (χ1) is 15.4. The van der Waals surface area contributed by atoms with E-state index in [0.29, 0.717) is 13.0 Å². The Kier molecular flexibility index (Phi) is 6.28. The van der Waals surface area contributed by atoms with Gasteiger partial charge in [0.25, 0.3) is 0 Å². The van der Waals surface area contributed by atoms with Crippen LogP contribution in [0.15, 0.2) is 85.1 Å². The summed E-state index contributed by atoms with van der Waals surface area (Å²) in [6, 6.07) is 21.0. The zero-order valence-electron chi connectivity index (χ0n) is 17.1. The summed E-state index contributed by atoms with van der Waals surface area (Å²) in [6.45, 7) is 0.511. The molecule has 0 radical (unpaired) electrons. The molecule has 0 bridgehead atoms. The first-order valence-corrected chi connectivity index (χ1v) is 10.2. The van der Waals surface area contributed by atoms with Crippen molar-refractivity contribution in [1.29, 1.82) is 0 Å². The minimum absolute atomic E-state index is 0.101. The molecule has 4 nitrogen and oxygen atoms in total. The van der Waals surface area contributed by atoms with E-state index in [9.17, 15) is 18.0 Å². The van der Waals surface area contributed by atoms with Gasteiger partial charge in [-0.25, -0.2) is 0 Å². The number of fused-ring (bicyclic) bond motifs is 1. The number of anilines is 1. The Morgan fingerprint density at radius 2 is 1.69 bits per heavy atom. The average molecular weight is 437 g/mol. The van der Waals surface area contributed by atoms with Crippen LogP contribution in [0.3, 0.4) is 0 Å². The van der Waals surface area contributed by atoms with Gasteiger partial charge in [0.2, 0.25) is 5.91 Å². The first-order valence-electron chi connectivity index (χ1n) is 10.2. The highest BCUT2D eigenvalue weighted by atomic mass is 19.4. The van der Waals surface area contributed by atoms with Gasteiger partial charge in [0.05, 0.1) is 5.56 Å². The molecule has 0 aliphatic carbocycles. The van der Waals surface area contributed by atoms with Crippen LogP contribution in [0.25, 0.3) is 10.9 Å². The minimum Gasteiger partial charge on any atom is -0.361 e. The van der Waals surface area contributed by atoms with Crippen molar-refractivity contribution >= 4 is 22.5 Å². The lowest BCUT2D eigenvalue weighted by molar-refractivity contribution is -0.137. The van der Waals surface area contributed by atoms with E-state index in [4.69, 9.17) is 0 Å². The topological polar surface area (TPSA) is 56.9 Å². The van der Waals surface area contributed by atoms with Crippen molar-refractivity contribution < 1.29 is 18.0 Å². The van der Waals surface area contributed by atoms with Crippen molar-refractivity contribution in [2.45, 2.75) is 18.6 Å². The van der Waals surface area contributed by atoms with Gasteiger partial charge in [0, 0.05) is 29.3 Å². The fourth-order valence-corrected chi connectivity index (χ4v) is 3.68. The quantitative estimate of drug-likeness (QED) is 0.347. The van der Waals surface area contributed by atoms with Gasteiger partial charge in [-0.3, -0.25) is 4.79 Å². The van der Waals surface area contributed by atoms with E-state index < -0.39 is 23.7 Å². The molecule has 3 aromatic carbocycles. The molecule has 0 saturated heterocycles. The minimum atomic E-state index is -4.48. The van der Waals surface area contributed by atoms with Gasteiger partial charge >= 0.3 is 6.18 Å². The number of amides is 1. The molecule has 0 spiro atoms. The largest absolute Gasteiger partial charge is 0.416 e. The Balaban J connectivity index is 1.49. The molecular formula is C25H22F3N3O. The fraction of sp³-hybridized carbons (Fsp3) is 0.160.